The molecular weight excluding hydrogens is 416 g/mol. The predicted molar refractivity (Wildman–Crippen MR) is 104 cm³/mol. The van der Waals surface area contributed by atoms with Crippen LogP contribution in [0.3, 0.4) is 0 Å². The van der Waals surface area contributed by atoms with Gasteiger partial charge >= 0.3 is 11.9 Å². The van der Waals surface area contributed by atoms with Crippen molar-refractivity contribution in [2.45, 2.75) is 6.92 Å². The number of ether oxygens (including phenoxy) is 4. The molecule has 0 spiro atoms. The summed E-state index contributed by atoms with van der Waals surface area (Å²) in [5, 5.41) is 0. The fraction of sp³-hybridized carbons (Fsp3) is 0.200. The summed E-state index contributed by atoms with van der Waals surface area (Å²) in [6, 6.07) is 10.5. The monoisotopic (exact) mass is 434 g/mol. The van der Waals surface area contributed by atoms with Gasteiger partial charge in [0.05, 0.1) is 18.7 Å². The number of methoxy groups -OCH3 is 2. The van der Waals surface area contributed by atoms with E-state index in [-0.39, 0.29) is 12.4 Å². The highest BCUT2D eigenvalue weighted by molar-refractivity contribution is 9.10. The van der Waals surface area contributed by atoms with Gasteiger partial charge in [-0.3, -0.25) is 0 Å². The molecule has 7 heteroatoms. The highest BCUT2D eigenvalue weighted by atomic mass is 79.9. The molecular formula is C20H19BrO6. The predicted octanol–water partition coefficient (Wildman–Crippen LogP) is 3.94. The van der Waals surface area contributed by atoms with E-state index in [1.165, 1.54) is 20.3 Å². The Labute approximate surface area is 165 Å². The average Bonchev–Trinajstić information content (AvgIpc) is 2.66. The van der Waals surface area contributed by atoms with Crippen LogP contribution in [0.5, 0.6) is 17.2 Å². The van der Waals surface area contributed by atoms with E-state index in [4.69, 9.17) is 14.2 Å². The van der Waals surface area contributed by atoms with Crippen LogP contribution in [0, 0.1) is 6.92 Å². The number of carbonyl (C=O) groups is 2. The normalized spacial score (nSPS) is 10.5. The first-order valence-electron chi connectivity index (χ1n) is 7.96. The van der Waals surface area contributed by atoms with E-state index >= 15 is 0 Å². The summed E-state index contributed by atoms with van der Waals surface area (Å²) in [5.74, 6) is 0.117. The number of hydrogen-bond acceptors (Lipinski definition) is 6. The Morgan fingerprint density at radius 1 is 1.04 bits per heavy atom. The van der Waals surface area contributed by atoms with Crippen LogP contribution in [0.15, 0.2) is 46.9 Å². The van der Waals surface area contributed by atoms with Gasteiger partial charge in [0.2, 0.25) is 0 Å². The van der Waals surface area contributed by atoms with E-state index in [1.54, 1.807) is 30.3 Å². The standard InChI is InChI=1S/C20H19BrO6/c1-13-4-7-16(15(21)10-13)26-12-20(23)27-17-8-5-14(11-18(17)24-2)6-9-19(22)25-3/h4-11H,12H2,1-3H3/b9-6+. The molecule has 0 aliphatic rings. The van der Waals surface area contributed by atoms with E-state index in [9.17, 15) is 9.59 Å². The molecule has 27 heavy (non-hydrogen) atoms. The van der Waals surface area contributed by atoms with Crippen molar-refractivity contribution in [1.82, 2.24) is 0 Å². The van der Waals surface area contributed by atoms with Crippen LogP contribution in [0.4, 0.5) is 0 Å². The third-order valence-corrected chi connectivity index (χ3v) is 4.08. The maximum absolute atomic E-state index is 12.1. The number of aryl methyl sites for hydroxylation is 1. The van der Waals surface area contributed by atoms with Crippen molar-refractivity contribution in [3.8, 4) is 17.2 Å². The third-order valence-electron chi connectivity index (χ3n) is 3.46. The first-order chi connectivity index (χ1) is 12.9. The Bertz CT molecular complexity index is 860. The number of benzene rings is 2. The lowest BCUT2D eigenvalue weighted by molar-refractivity contribution is -0.137. The highest BCUT2D eigenvalue weighted by Gasteiger charge is 2.12. The first-order valence-corrected chi connectivity index (χ1v) is 8.76. The maximum atomic E-state index is 12.1. The van der Waals surface area contributed by atoms with Crippen LogP contribution in [-0.4, -0.2) is 32.8 Å². The molecule has 0 aliphatic heterocycles. The van der Waals surface area contributed by atoms with Crippen LogP contribution in [0.2, 0.25) is 0 Å². The fourth-order valence-electron chi connectivity index (χ4n) is 2.12. The summed E-state index contributed by atoms with van der Waals surface area (Å²) in [6.07, 6.45) is 2.85. The van der Waals surface area contributed by atoms with E-state index < -0.39 is 11.9 Å². The van der Waals surface area contributed by atoms with Gasteiger partial charge in [0.15, 0.2) is 18.1 Å². The molecule has 0 amide bonds. The molecule has 2 aromatic rings. The Morgan fingerprint density at radius 2 is 1.78 bits per heavy atom. The van der Waals surface area contributed by atoms with Crippen molar-refractivity contribution in [3.63, 3.8) is 0 Å². The molecule has 2 aromatic carbocycles. The summed E-state index contributed by atoms with van der Waals surface area (Å²) >= 11 is 3.39. The summed E-state index contributed by atoms with van der Waals surface area (Å²) < 4.78 is 21.3. The zero-order chi connectivity index (χ0) is 19.8. The number of carbonyl (C=O) groups excluding carboxylic acids is 2. The Kier molecular flexibility index (Phi) is 7.43. The number of esters is 2. The second-order valence-corrected chi connectivity index (χ2v) is 6.32. The van der Waals surface area contributed by atoms with Gasteiger partial charge in [0, 0.05) is 6.08 Å². The number of hydrogen-bond donors (Lipinski definition) is 0. The second-order valence-electron chi connectivity index (χ2n) is 5.46. The van der Waals surface area contributed by atoms with Crippen molar-refractivity contribution in [3.05, 3.63) is 58.1 Å². The molecule has 0 aliphatic carbocycles. The lowest BCUT2D eigenvalue weighted by Gasteiger charge is -2.11. The van der Waals surface area contributed by atoms with Crippen LogP contribution >= 0.6 is 15.9 Å². The van der Waals surface area contributed by atoms with Gasteiger partial charge in [0.25, 0.3) is 0 Å². The Hall–Kier alpha value is -2.80. The quantitative estimate of drug-likeness (QED) is 0.373. The van der Waals surface area contributed by atoms with Crippen LogP contribution < -0.4 is 14.2 Å². The molecule has 0 bridgehead atoms. The maximum Gasteiger partial charge on any atom is 0.349 e. The van der Waals surface area contributed by atoms with E-state index in [0.717, 1.165) is 10.0 Å². The van der Waals surface area contributed by atoms with Gasteiger partial charge in [-0.15, -0.1) is 0 Å². The SMILES string of the molecule is COC(=O)/C=C/c1ccc(OC(=O)COc2ccc(C)cc2Br)c(OC)c1. The molecule has 2 rings (SSSR count). The molecule has 142 valence electrons. The molecule has 0 fully saturated rings. The zero-order valence-corrected chi connectivity index (χ0v) is 16.7. The smallest absolute Gasteiger partial charge is 0.349 e. The first kappa shape index (κ1) is 20.5. The topological polar surface area (TPSA) is 71.1 Å². The van der Waals surface area contributed by atoms with E-state index in [1.807, 2.05) is 19.1 Å². The average molecular weight is 435 g/mol. The minimum Gasteiger partial charge on any atom is -0.493 e. The molecule has 0 N–H and O–H groups in total. The molecule has 0 radical (unpaired) electrons. The fourth-order valence-corrected chi connectivity index (χ4v) is 2.72. The second kappa shape index (κ2) is 9.78. The van der Waals surface area contributed by atoms with Gasteiger partial charge in [0.1, 0.15) is 5.75 Å². The minimum absolute atomic E-state index is 0.254. The summed E-state index contributed by atoms with van der Waals surface area (Å²) in [7, 11) is 2.76. The van der Waals surface area contributed by atoms with Gasteiger partial charge in [-0.1, -0.05) is 12.1 Å². The minimum atomic E-state index is -0.571. The lowest BCUT2D eigenvalue weighted by atomic mass is 10.2. The van der Waals surface area contributed by atoms with E-state index in [2.05, 4.69) is 20.7 Å². The molecule has 6 nitrogen and oxygen atoms in total. The number of rotatable bonds is 7. The van der Waals surface area contributed by atoms with Gasteiger partial charge in [-0.05, 0) is 64.3 Å². The number of halogens is 1. The van der Waals surface area contributed by atoms with Crippen LogP contribution in [-0.2, 0) is 14.3 Å². The van der Waals surface area contributed by atoms with Crippen LogP contribution in [0.25, 0.3) is 6.08 Å². The molecule has 0 atom stereocenters. The molecule has 0 saturated carbocycles. The van der Waals surface area contributed by atoms with Crippen LogP contribution in [0.1, 0.15) is 11.1 Å². The summed E-state index contributed by atoms with van der Waals surface area (Å²) in [6.45, 7) is 1.70. The highest BCUT2D eigenvalue weighted by Crippen LogP contribution is 2.29. The van der Waals surface area contributed by atoms with Crippen molar-refractivity contribution in [1.29, 1.82) is 0 Å². The van der Waals surface area contributed by atoms with Gasteiger partial charge in [-0.25, -0.2) is 9.59 Å². The zero-order valence-electron chi connectivity index (χ0n) is 15.2. The van der Waals surface area contributed by atoms with Crippen molar-refractivity contribution >= 4 is 33.9 Å². The molecule has 0 heterocycles. The summed E-state index contributed by atoms with van der Waals surface area (Å²) in [4.78, 5) is 23.2. The Balaban J connectivity index is 2.02. The van der Waals surface area contributed by atoms with Crippen molar-refractivity contribution < 1.29 is 28.5 Å². The Morgan fingerprint density at radius 3 is 2.44 bits per heavy atom. The molecule has 0 saturated heterocycles. The summed E-state index contributed by atoms with van der Waals surface area (Å²) in [5.41, 5.74) is 1.76. The van der Waals surface area contributed by atoms with Gasteiger partial charge < -0.3 is 18.9 Å². The third kappa shape index (κ3) is 6.14. The van der Waals surface area contributed by atoms with Gasteiger partial charge in [-0.2, -0.15) is 0 Å². The molecule has 0 unspecified atom stereocenters. The molecule has 0 aromatic heterocycles. The van der Waals surface area contributed by atoms with Crippen molar-refractivity contribution in [2.75, 3.05) is 20.8 Å². The largest absolute Gasteiger partial charge is 0.493 e. The van der Waals surface area contributed by atoms with Crippen molar-refractivity contribution in [2.24, 2.45) is 0 Å². The van der Waals surface area contributed by atoms with E-state index in [0.29, 0.717) is 17.1 Å². The lowest BCUT2D eigenvalue weighted by Crippen LogP contribution is -2.18.